The van der Waals surface area contributed by atoms with Gasteiger partial charge in [0.15, 0.2) is 0 Å². The quantitative estimate of drug-likeness (QED) is 0.726. The normalized spacial score (nSPS) is 15.4. The minimum atomic E-state index is 0.00566. The van der Waals surface area contributed by atoms with Crippen molar-refractivity contribution in [2.24, 2.45) is 0 Å². The van der Waals surface area contributed by atoms with E-state index < -0.39 is 0 Å². The van der Waals surface area contributed by atoms with Crippen LogP contribution in [0.25, 0.3) is 0 Å². The van der Waals surface area contributed by atoms with Crippen LogP contribution in [-0.2, 0) is 20.7 Å². The van der Waals surface area contributed by atoms with Gasteiger partial charge in [0.25, 0.3) is 0 Å². The minimum absolute atomic E-state index is 0.00566. The summed E-state index contributed by atoms with van der Waals surface area (Å²) in [5.41, 5.74) is 1.04. The maximum absolute atomic E-state index is 12.3. The first kappa shape index (κ1) is 17.4. The van der Waals surface area contributed by atoms with Crippen molar-refractivity contribution in [2.45, 2.75) is 6.42 Å². The lowest BCUT2D eigenvalue weighted by molar-refractivity contribution is -0.132. The molecule has 1 aliphatic heterocycles. The third-order valence-electron chi connectivity index (χ3n) is 3.92. The van der Waals surface area contributed by atoms with Crippen molar-refractivity contribution in [1.82, 2.24) is 15.1 Å². The summed E-state index contributed by atoms with van der Waals surface area (Å²) in [4.78, 5) is 28.0. The fraction of sp³-hybridized carbons (Fsp3) is 0.529. The highest BCUT2D eigenvalue weighted by Crippen LogP contribution is 2.06. The molecule has 1 N–H and O–H groups in total. The van der Waals surface area contributed by atoms with Gasteiger partial charge in [0.1, 0.15) is 0 Å². The Kier molecular flexibility index (Phi) is 7.03. The van der Waals surface area contributed by atoms with Crippen LogP contribution >= 0.6 is 0 Å². The van der Waals surface area contributed by atoms with Crippen molar-refractivity contribution in [1.29, 1.82) is 0 Å². The Hall–Kier alpha value is -1.92. The van der Waals surface area contributed by atoms with Crippen molar-refractivity contribution in [3.63, 3.8) is 0 Å². The van der Waals surface area contributed by atoms with E-state index in [9.17, 15) is 9.59 Å². The summed E-state index contributed by atoms with van der Waals surface area (Å²) in [5, 5.41) is 2.81. The van der Waals surface area contributed by atoms with Crippen molar-refractivity contribution in [2.75, 3.05) is 53.0 Å². The molecular formula is C17H25N3O3. The molecular weight excluding hydrogens is 294 g/mol. The Balaban J connectivity index is 1.69. The third-order valence-corrected chi connectivity index (χ3v) is 3.92. The summed E-state index contributed by atoms with van der Waals surface area (Å²) in [6, 6.07) is 9.78. The van der Waals surface area contributed by atoms with Crippen molar-refractivity contribution >= 4 is 11.8 Å². The molecule has 0 spiro atoms. The predicted octanol–water partition coefficient (Wildman–Crippen LogP) is 0.136. The van der Waals surface area contributed by atoms with E-state index in [1.54, 1.807) is 7.11 Å². The van der Waals surface area contributed by atoms with Crippen LogP contribution in [-0.4, -0.2) is 74.6 Å². The molecule has 0 radical (unpaired) electrons. The average molecular weight is 319 g/mol. The molecule has 0 saturated carbocycles. The molecule has 1 saturated heterocycles. The smallest absolute Gasteiger partial charge is 0.234 e. The fourth-order valence-corrected chi connectivity index (χ4v) is 2.59. The lowest BCUT2D eigenvalue weighted by atomic mass is 10.1. The Morgan fingerprint density at radius 3 is 2.48 bits per heavy atom. The minimum Gasteiger partial charge on any atom is -0.383 e. The van der Waals surface area contributed by atoms with E-state index in [-0.39, 0.29) is 11.8 Å². The van der Waals surface area contributed by atoms with Gasteiger partial charge in [-0.3, -0.25) is 14.5 Å². The van der Waals surface area contributed by atoms with E-state index in [0.717, 1.165) is 18.7 Å². The van der Waals surface area contributed by atoms with E-state index in [2.05, 4.69) is 10.2 Å². The van der Waals surface area contributed by atoms with Gasteiger partial charge in [0.2, 0.25) is 11.8 Å². The highest BCUT2D eigenvalue weighted by molar-refractivity contribution is 5.79. The van der Waals surface area contributed by atoms with Gasteiger partial charge in [-0.05, 0) is 5.56 Å². The molecule has 1 aliphatic rings. The number of piperazine rings is 1. The molecule has 0 bridgehead atoms. The predicted molar refractivity (Wildman–Crippen MR) is 88.1 cm³/mol. The second-order valence-corrected chi connectivity index (χ2v) is 5.66. The SMILES string of the molecule is COCCNC(=O)CN1CCN(C(=O)Cc2ccccc2)CC1. The molecule has 0 unspecified atom stereocenters. The number of hydrogen-bond donors (Lipinski definition) is 1. The Labute approximate surface area is 137 Å². The number of rotatable bonds is 7. The maximum atomic E-state index is 12.3. The Morgan fingerprint density at radius 1 is 1.13 bits per heavy atom. The molecule has 1 fully saturated rings. The summed E-state index contributed by atoms with van der Waals surface area (Å²) >= 11 is 0. The van der Waals surface area contributed by atoms with Gasteiger partial charge < -0.3 is 15.0 Å². The molecule has 1 aromatic carbocycles. The van der Waals surface area contributed by atoms with Crippen LogP contribution in [0.15, 0.2) is 30.3 Å². The van der Waals surface area contributed by atoms with Crippen molar-refractivity contribution in [3.05, 3.63) is 35.9 Å². The zero-order valence-electron chi connectivity index (χ0n) is 13.7. The van der Waals surface area contributed by atoms with Gasteiger partial charge in [-0.2, -0.15) is 0 Å². The number of benzene rings is 1. The van der Waals surface area contributed by atoms with Crippen molar-refractivity contribution < 1.29 is 14.3 Å². The summed E-state index contributed by atoms with van der Waals surface area (Å²) < 4.78 is 4.90. The number of carbonyl (C=O) groups excluding carboxylic acids is 2. The standard InChI is InChI=1S/C17H25N3O3/c1-23-12-7-18-16(21)14-19-8-10-20(11-9-19)17(22)13-15-5-3-2-4-6-15/h2-6H,7-14H2,1H3,(H,18,21). The highest BCUT2D eigenvalue weighted by Gasteiger charge is 2.22. The number of methoxy groups -OCH3 is 1. The maximum Gasteiger partial charge on any atom is 0.234 e. The van der Waals surface area contributed by atoms with Crippen molar-refractivity contribution in [3.8, 4) is 0 Å². The van der Waals surface area contributed by atoms with E-state index >= 15 is 0 Å². The Bertz CT molecular complexity index is 499. The van der Waals surface area contributed by atoms with Gasteiger partial charge in [-0.15, -0.1) is 0 Å². The molecule has 2 rings (SSSR count). The van der Waals surface area contributed by atoms with Crippen LogP contribution in [0.2, 0.25) is 0 Å². The molecule has 0 atom stereocenters. The molecule has 1 aromatic rings. The third kappa shape index (κ3) is 6.00. The first-order chi connectivity index (χ1) is 11.2. The summed E-state index contributed by atoms with van der Waals surface area (Å²) in [6.07, 6.45) is 0.443. The number of nitrogens with one attached hydrogen (secondary N) is 1. The summed E-state index contributed by atoms with van der Waals surface area (Å²) in [6.45, 7) is 4.26. The van der Waals surface area contributed by atoms with Gasteiger partial charge in [-0.1, -0.05) is 30.3 Å². The molecule has 23 heavy (non-hydrogen) atoms. The second-order valence-electron chi connectivity index (χ2n) is 5.66. The number of carbonyl (C=O) groups is 2. The van der Waals surface area contributed by atoms with E-state index in [1.807, 2.05) is 35.2 Å². The summed E-state index contributed by atoms with van der Waals surface area (Å²) in [7, 11) is 1.61. The van der Waals surface area contributed by atoms with Gasteiger partial charge in [-0.25, -0.2) is 0 Å². The molecule has 1 heterocycles. The van der Waals surface area contributed by atoms with Gasteiger partial charge in [0.05, 0.1) is 19.6 Å². The fourth-order valence-electron chi connectivity index (χ4n) is 2.59. The molecule has 126 valence electrons. The van der Waals surface area contributed by atoms with Crippen LogP contribution in [0, 0.1) is 0 Å². The van der Waals surface area contributed by atoms with Crippen LogP contribution in [0.5, 0.6) is 0 Å². The number of hydrogen-bond acceptors (Lipinski definition) is 4. The molecule has 6 heteroatoms. The molecule has 0 aliphatic carbocycles. The molecule has 0 aromatic heterocycles. The number of ether oxygens (including phenoxy) is 1. The van der Waals surface area contributed by atoms with Crippen LogP contribution in [0.1, 0.15) is 5.56 Å². The van der Waals surface area contributed by atoms with E-state index in [1.165, 1.54) is 0 Å². The van der Waals surface area contributed by atoms with Gasteiger partial charge in [0, 0.05) is 39.8 Å². The van der Waals surface area contributed by atoms with E-state index in [0.29, 0.717) is 39.2 Å². The van der Waals surface area contributed by atoms with Crippen LogP contribution in [0.3, 0.4) is 0 Å². The highest BCUT2D eigenvalue weighted by atomic mass is 16.5. The first-order valence-corrected chi connectivity index (χ1v) is 7.98. The molecule has 2 amide bonds. The number of nitrogens with zero attached hydrogens (tertiary/aromatic N) is 2. The second kappa shape index (κ2) is 9.27. The topological polar surface area (TPSA) is 61.9 Å². The zero-order valence-corrected chi connectivity index (χ0v) is 13.7. The largest absolute Gasteiger partial charge is 0.383 e. The first-order valence-electron chi connectivity index (χ1n) is 7.98. The lowest BCUT2D eigenvalue weighted by Gasteiger charge is -2.34. The van der Waals surface area contributed by atoms with Crippen LogP contribution in [0.4, 0.5) is 0 Å². The average Bonchev–Trinajstić information content (AvgIpc) is 2.56. The Morgan fingerprint density at radius 2 is 1.83 bits per heavy atom. The van der Waals surface area contributed by atoms with Gasteiger partial charge >= 0.3 is 0 Å². The lowest BCUT2D eigenvalue weighted by Crippen LogP contribution is -2.51. The van der Waals surface area contributed by atoms with Crippen LogP contribution < -0.4 is 5.32 Å². The zero-order chi connectivity index (χ0) is 16.5. The molecule has 6 nitrogen and oxygen atoms in total. The summed E-state index contributed by atoms with van der Waals surface area (Å²) in [5.74, 6) is 0.159. The number of amides is 2. The monoisotopic (exact) mass is 319 g/mol. The van der Waals surface area contributed by atoms with E-state index in [4.69, 9.17) is 4.74 Å².